The van der Waals surface area contributed by atoms with Crippen molar-refractivity contribution in [1.82, 2.24) is 15.1 Å². The van der Waals surface area contributed by atoms with Gasteiger partial charge in [-0.3, -0.25) is 4.79 Å². The highest BCUT2D eigenvalue weighted by Gasteiger charge is 2.35. The molecule has 3 rings (SSSR count). The molecule has 8 heteroatoms. The van der Waals surface area contributed by atoms with Gasteiger partial charge in [-0.15, -0.1) is 11.3 Å². The molecule has 0 saturated carbocycles. The first-order chi connectivity index (χ1) is 14.7. The topological polar surface area (TPSA) is 61.9 Å². The number of nitrogens with one attached hydrogen (secondary N) is 1. The second-order valence-corrected chi connectivity index (χ2v) is 9.51. The molecule has 1 unspecified atom stereocenters. The number of carbonyl (C=O) groups excluding carboxylic acids is 2. The van der Waals surface area contributed by atoms with Gasteiger partial charge in [0.1, 0.15) is 24.7 Å². The van der Waals surface area contributed by atoms with E-state index in [1.54, 1.807) is 33.3 Å². The van der Waals surface area contributed by atoms with E-state index in [0.717, 1.165) is 12.0 Å². The third-order valence-electron chi connectivity index (χ3n) is 5.31. The second-order valence-electron chi connectivity index (χ2n) is 8.51. The Bertz CT molecular complexity index is 908. The summed E-state index contributed by atoms with van der Waals surface area (Å²) in [5, 5.41) is 4.82. The predicted octanol–water partition coefficient (Wildman–Crippen LogP) is 4.22. The minimum Gasteiger partial charge on any atom is -0.491 e. The summed E-state index contributed by atoms with van der Waals surface area (Å²) in [7, 11) is 0. The number of ether oxygens (including phenoxy) is 1. The van der Waals surface area contributed by atoms with E-state index in [4.69, 9.17) is 4.74 Å². The molecule has 0 bridgehead atoms. The Balaban J connectivity index is 1.79. The molecule has 3 amide bonds. The van der Waals surface area contributed by atoms with Gasteiger partial charge in [-0.1, -0.05) is 0 Å². The fourth-order valence-electron chi connectivity index (χ4n) is 3.67. The minimum atomic E-state index is -0.502. The average molecular weight is 448 g/mol. The molecule has 1 aliphatic heterocycles. The molecular weight excluding hydrogens is 417 g/mol. The lowest BCUT2D eigenvalue weighted by molar-refractivity contribution is -0.136. The van der Waals surface area contributed by atoms with E-state index >= 15 is 0 Å². The molecule has 2 aromatic rings. The van der Waals surface area contributed by atoms with Crippen LogP contribution >= 0.6 is 11.3 Å². The lowest BCUT2D eigenvalue weighted by Crippen LogP contribution is -2.55. The molecule has 6 nitrogen and oxygen atoms in total. The maximum atomic E-state index is 13.4. The first-order valence-corrected chi connectivity index (χ1v) is 11.4. The van der Waals surface area contributed by atoms with Crippen LogP contribution in [-0.4, -0.2) is 53.5 Å². The summed E-state index contributed by atoms with van der Waals surface area (Å²) in [5.41, 5.74) is 0.574. The van der Waals surface area contributed by atoms with E-state index in [0.29, 0.717) is 18.8 Å². The van der Waals surface area contributed by atoms with Crippen LogP contribution in [0.1, 0.15) is 44.2 Å². The standard InChI is InChI=1S/C23H30FN3O3S/c1-5-25-22(29)27(23(2,3)4)14-21(28)26-12-10-20-18(11-13-31-20)19(26)15-30-17-8-6-16(24)7-9-17/h6-9,11,13,19H,5,10,12,14-15H2,1-4H3,(H,25,29). The molecule has 2 heterocycles. The first kappa shape index (κ1) is 23.1. The monoisotopic (exact) mass is 447 g/mol. The summed E-state index contributed by atoms with van der Waals surface area (Å²) < 4.78 is 19.1. The summed E-state index contributed by atoms with van der Waals surface area (Å²) in [6.45, 7) is 8.91. The highest BCUT2D eigenvalue weighted by atomic mass is 32.1. The minimum absolute atomic E-state index is 0.0121. The molecule has 1 aromatic heterocycles. The summed E-state index contributed by atoms with van der Waals surface area (Å²) in [4.78, 5) is 30.6. The van der Waals surface area contributed by atoms with Crippen LogP contribution in [0.5, 0.6) is 5.75 Å². The van der Waals surface area contributed by atoms with Gasteiger partial charge in [0.25, 0.3) is 0 Å². The summed E-state index contributed by atoms with van der Waals surface area (Å²) in [6, 6.07) is 7.37. The fraction of sp³-hybridized carbons (Fsp3) is 0.478. The van der Waals surface area contributed by atoms with Gasteiger partial charge in [-0.2, -0.15) is 0 Å². The molecule has 0 spiro atoms. The summed E-state index contributed by atoms with van der Waals surface area (Å²) >= 11 is 1.68. The van der Waals surface area contributed by atoms with E-state index in [2.05, 4.69) is 5.32 Å². The average Bonchev–Trinajstić information content (AvgIpc) is 3.19. The Hall–Kier alpha value is -2.61. The van der Waals surface area contributed by atoms with Crippen molar-refractivity contribution in [3.05, 3.63) is 52.0 Å². The molecule has 168 valence electrons. The molecule has 1 aliphatic rings. The van der Waals surface area contributed by atoms with Gasteiger partial charge < -0.3 is 19.9 Å². The van der Waals surface area contributed by atoms with E-state index in [1.165, 1.54) is 17.0 Å². The van der Waals surface area contributed by atoms with Crippen molar-refractivity contribution in [2.45, 2.75) is 45.7 Å². The number of halogens is 1. The zero-order valence-electron chi connectivity index (χ0n) is 18.5. The predicted molar refractivity (Wildman–Crippen MR) is 120 cm³/mol. The van der Waals surface area contributed by atoms with Gasteiger partial charge in [0.2, 0.25) is 5.91 Å². The van der Waals surface area contributed by atoms with Gasteiger partial charge in [0.15, 0.2) is 0 Å². The molecule has 0 saturated heterocycles. The third-order valence-corrected chi connectivity index (χ3v) is 6.31. The van der Waals surface area contributed by atoms with Crippen LogP contribution < -0.4 is 10.1 Å². The number of nitrogens with zero attached hydrogens (tertiary/aromatic N) is 2. The number of urea groups is 1. The number of fused-ring (bicyclic) bond motifs is 1. The molecule has 0 aliphatic carbocycles. The normalized spacial score (nSPS) is 15.9. The highest BCUT2D eigenvalue weighted by Crippen LogP contribution is 2.34. The van der Waals surface area contributed by atoms with Crippen LogP contribution in [0.15, 0.2) is 35.7 Å². The summed E-state index contributed by atoms with van der Waals surface area (Å²) in [5.74, 6) is 0.107. The SMILES string of the molecule is CCNC(=O)N(CC(=O)N1CCc2sccc2C1COc1ccc(F)cc1)C(C)(C)C. The Labute approximate surface area is 187 Å². The van der Waals surface area contributed by atoms with Gasteiger partial charge in [0.05, 0.1) is 6.04 Å². The van der Waals surface area contributed by atoms with E-state index in [-0.39, 0.29) is 36.9 Å². The van der Waals surface area contributed by atoms with E-state index in [1.807, 2.05) is 39.1 Å². The van der Waals surface area contributed by atoms with E-state index in [9.17, 15) is 14.0 Å². The van der Waals surface area contributed by atoms with Crippen LogP contribution in [0.25, 0.3) is 0 Å². The van der Waals surface area contributed by atoms with Gasteiger partial charge in [-0.25, -0.2) is 9.18 Å². The van der Waals surface area contributed by atoms with E-state index < -0.39 is 5.54 Å². The maximum Gasteiger partial charge on any atom is 0.318 e. The largest absolute Gasteiger partial charge is 0.491 e. The van der Waals surface area contributed by atoms with Crippen molar-refractivity contribution in [3.8, 4) is 5.75 Å². The third kappa shape index (κ3) is 5.55. The first-order valence-electron chi connectivity index (χ1n) is 10.5. The van der Waals surface area contributed by atoms with Crippen LogP contribution in [0, 0.1) is 5.82 Å². The van der Waals surface area contributed by atoms with Crippen molar-refractivity contribution in [1.29, 1.82) is 0 Å². The quantitative estimate of drug-likeness (QED) is 0.721. The van der Waals surface area contributed by atoms with Crippen LogP contribution in [0.2, 0.25) is 0 Å². The fourth-order valence-corrected chi connectivity index (χ4v) is 4.60. The molecule has 0 radical (unpaired) electrons. The van der Waals surface area contributed by atoms with Crippen molar-refractivity contribution < 1.29 is 18.7 Å². The lowest BCUT2D eigenvalue weighted by Gasteiger charge is -2.40. The lowest BCUT2D eigenvalue weighted by atomic mass is 10.00. The molecule has 1 atom stereocenters. The number of rotatable bonds is 6. The molecule has 1 N–H and O–H groups in total. The van der Waals surface area contributed by atoms with Gasteiger partial charge in [-0.05, 0) is 75.4 Å². The number of amides is 3. The Kier molecular flexibility index (Phi) is 7.20. The smallest absolute Gasteiger partial charge is 0.318 e. The van der Waals surface area contributed by atoms with Crippen molar-refractivity contribution in [2.24, 2.45) is 0 Å². The maximum absolute atomic E-state index is 13.4. The Morgan fingerprint density at radius 3 is 2.61 bits per heavy atom. The molecule has 1 aromatic carbocycles. The number of carbonyl (C=O) groups is 2. The Morgan fingerprint density at radius 2 is 1.97 bits per heavy atom. The number of hydrogen-bond donors (Lipinski definition) is 1. The zero-order chi connectivity index (χ0) is 22.6. The zero-order valence-corrected chi connectivity index (χ0v) is 19.3. The second kappa shape index (κ2) is 9.68. The molecular formula is C23H30FN3O3S. The number of thiophene rings is 1. The Morgan fingerprint density at radius 1 is 1.26 bits per heavy atom. The van der Waals surface area contributed by atoms with Crippen molar-refractivity contribution in [3.63, 3.8) is 0 Å². The molecule has 0 fully saturated rings. The van der Waals surface area contributed by atoms with Crippen LogP contribution in [0.4, 0.5) is 9.18 Å². The van der Waals surface area contributed by atoms with Crippen molar-refractivity contribution >= 4 is 23.3 Å². The van der Waals surface area contributed by atoms with Crippen molar-refractivity contribution in [2.75, 3.05) is 26.2 Å². The number of benzene rings is 1. The molecule has 31 heavy (non-hydrogen) atoms. The van der Waals surface area contributed by atoms with Crippen LogP contribution in [0.3, 0.4) is 0 Å². The van der Waals surface area contributed by atoms with Gasteiger partial charge >= 0.3 is 6.03 Å². The highest BCUT2D eigenvalue weighted by molar-refractivity contribution is 7.10. The summed E-state index contributed by atoms with van der Waals surface area (Å²) in [6.07, 6.45) is 0.780. The number of hydrogen-bond acceptors (Lipinski definition) is 4. The van der Waals surface area contributed by atoms with Crippen LogP contribution in [-0.2, 0) is 11.2 Å². The van der Waals surface area contributed by atoms with Gasteiger partial charge in [0, 0.05) is 23.5 Å².